The van der Waals surface area contributed by atoms with Gasteiger partial charge in [0.1, 0.15) is 5.82 Å². The number of aliphatic hydroxyl groups excluding tert-OH is 1. The van der Waals surface area contributed by atoms with Crippen molar-refractivity contribution in [2.24, 2.45) is 0 Å². The van der Waals surface area contributed by atoms with Crippen molar-refractivity contribution in [3.05, 3.63) is 50.9 Å². The molecule has 1 aromatic heterocycles. The third-order valence-corrected chi connectivity index (χ3v) is 6.86. The number of nitrogens with one attached hydrogen (secondary N) is 2. The molecule has 6 nitrogen and oxygen atoms in total. The molecule has 2 heterocycles. The summed E-state index contributed by atoms with van der Waals surface area (Å²) in [6.07, 6.45) is 8.27. The molecule has 31 heavy (non-hydrogen) atoms. The number of benzene rings is 1. The monoisotopic (exact) mass is 444 g/mol. The number of aliphatic hydroxyl groups is 1. The average molecular weight is 445 g/mol. The number of H-pyrrole nitrogens is 1. The fraction of sp³-hybridized carbons (Fsp3) is 0.583. The smallest absolute Gasteiger partial charge is 0.255 e. The highest BCUT2D eigenvalue weighted by atomic mass is 35.5. The van der Waals surface area contributed by atoms with E-state index in [0.717, 1.165) is 43.4 Å². The van der Waals surface area contributed by atoms with E-state index in [4.69, 9.17) is 16.6 Å². The van der Waals surface area contributed by atoms with Gasteiger partial charge in [0.05, 0.1) is 11.3 Å². The van der Waals surface area contributed by atoms with Gasteiger partial charge in [0.25, 0.3) is 5.56 Å². The molecule has 2 aromatic rings. The van der Waals surface area contributed by atoms with Crippen LogP contribution in [-0.4, -0.2) is 38.9 Å². The molecule has 1 saturated carbocycles. The Balaban J connectivity index is 1.60. The summed E-state index contributed by atoms with van der Waals surface area (Å²) in [5.74, 6) is 0.705. The molecule has 1 aliphatic heterocycles. The number of nitrogens with zero attached hydrogens (tertiary/aromatic N) is 2. The molecular weight excluding hydrogens is 412 g/mol. The highest BCUT2D eigenvalue weighted by molar-refractivity contribution is 6.30. The molecule has 1 aliphatic carbocycles. The minimum Gasteiger partial charge on any atom is -0.365 e. The highest BCUT2D eigenvalue weighted by Crippen LogP contribution is 2.31. The predicted octanol–water partition coefficient (Wildman–Crippen LogP) is 4.38. The summed E-state index contributed by atoms with van der Waals surface area (Å²) in [6.45, 7) is 3.28. The lowest BCUT2D eigenvalue weighted by Gasteiger charge is -2.38. The Labute approximate surface area is 189 Å². The van der Waals surface area contributed by atoms with Crippen LogP contribution in [0.25, 0.3) is 11.4 Å². The Morgan fingerprint density at radius 3 is 2.71 bits per heavy atom. The second-order valence-electron chi connectivity index (χ2n) is 8.93. The Kier molecular flexibility index (Phi) is 7.43. The van der Waals surface area contributed by atoms with E-state index in [0.29, 0.717) is 35.5 Å². The van der Waals surface area contributed by atoms with Gasteiger partial charge in [-0.1, -0.05) is 50.6 Å². The van der Waals surface area contributed by atoms with Crippen LogP contribution < -0.4 is 10.9 Å². The maximum atomic E-state index is 13.1. The summed E-state index contributed by atoms with van der Waals surface area (Å²) in [5, 5.41) is 15.0. The molecule has 0 bridgehead atoms. The van der Waals surface area contributed by atoms with E-state index >= 15 is 0 Å². The van der Waals surface area contributed by atoms with Crippen LogP contribution in [0.2, 0.25) is 5.02 Å². The van der Waals surface area contributed by atoms with Crippen molar-refractivity contribution in [3.8, 4) is 11.4 Å². The summed E-state index contributed by atoms with van der Waals surface area (Å²) in [5.41, 5.74) is 2.28. The lowest BCUT2D eigenvalue weighted by atomic mass is 9.90. The molecular formula is C24H33ClN4O2. The number of unbranched alkanes of at least 4 members (excludes halogenated alkanes) is 1. The van der Waals surface area contributed by atoms with Crippen LogP contribution in [-0.2, 0) is 6.54 Å². The zero-order valence-corrected chi connectivity index (χ0v) is 19.0. The lowest BCUT2D eigenvalue weighted by molar-refractivity contribution is -0.0471. The molecule has 0 amide bonds. The molecule has 3 N–H and O–H groups in total. The molecule has 0 radical (unpaired) electrons. The Hall–Kier alpha value is -1.73. The summed E-state index contributed by atoms with van der Waals surface area (Å²) < 4.78 is 0. The van der Waals surface area contributed by atoms with E-state index in [1.54, 1.807) is 12.1 Å². The van der Waals surface area contributed by atoms with Crippen LogP contribution in [0.4, 0.5) is 0 Å². The maximum absolute atomic E-state index is 13.1. The number of fused-ring (bicyclic) bond motifs is 1. The van der Waals surface area contributed by atoms with Crippen molar-refractivity contribution in [2.75, 3.05) is 6.54 Å². The van der Waals surface area contributed by atoms with Crippen LogP contribution >= 0.6 is 11.6 Å². The average Bonchev–Trinajstić information content (AvgIpc) is 2.78. The third kappa shape index (κ3) is 5.37. The van der Waals surface area contributed by atoms with Gasteiger partial charge in [0.2, 0.25) is 0 Å². The molecule has 2 atom stereocenters. The number of halogens is 1. The van der Waals surface area contributed by atoms with Gasteiger partial charge in [-0.25, -0.2) is 4.98 Å². The Bertz CT molecular complexity index is 924. The minimum absolute atomic E-state index is 0.119. The van der Waals surface area contributed by atoms with E-state index in [1.165, 1.54) is 19.3 Å². The standard InChI is InChI=1S/C24H33ClN4O2/c1-2-3-7-17-14-29(24(31)26-19-8-5-4-6-9-19)15-20-21(17)27-22(28-23(20)30)16-10-12-18(25)13-11-16/h10-13,17,19,24,26,31H,2-9,14-15H2,1H3,(H,27,28,30). The maximum Gasteiger partial charge on any atom is 0.255 e. The van der Waals surface area contributed by atoms with E-state index in [9.17, 15) is 9.90 Å². The first-order valence-corrected chi connectivity index (χ1v) is 12.0. The third-order valence-electron chi connectivity index (χ3n) is 6.61. The van der Waals surface area contributed by atoms with Crippen molar-refractivity contribution >= 4 is 11.6 Å². The van der Waals surface area contributed by atoms with E-state index < -0.39 is 6.35 Å². The Morgan fingerprint density at radius 1 is 1.26 bits per heavy atom. The van der Waals surface area contributed by atoms with Gasteiger partial charge in [-0.05, 0) is 43.5 Å². The number of rotatable bonds is 7. The quantitative estimate of drug-likeness (QED) is 0.552. The first-order chi connectivity index (χ1) is 15.0. The molecule has 168 valence electrons. The summed E-state index contributed by atoms with van der Waals surface area (Å²) >= 11 is 6.01. The zero-order chi connectivity index (χ0) is 21.8. The van der Waals surface area contributed by atoms with Crippen LogP contribution in [0.5, 0.6) is 0 Å². The van der Waals surface area contributed by atoms with Gasteiger partial charge in [-0.15, -0.1) is 0 Å². The number of aromatic amines is 1. The molecule has 0 spiro atoms. The largest absolute Gasteiger partial charge is 0.365 e. The number of aromatic nitrogens is 2. The molecule has 2 unspecified atom stereocenters. The van der Waals surface area contributed by atoms with Gasteiger partial charge in [0.15, 0.2) is 6.35 Å². The van der Waals surface area contributed by atoms with Crippen LogP contribution in [0.1, 0.15) is 75.5 Å². The first kappa shape index (κ1) is 22.5. The van der Waals surface area contributed by atoms with Gasteiger partial charge >= 0.3 is 0 Å². The van der Waals surface area contributed by atoms with E-state index in [1.807, 2.05) is 17.0 Å². The minimum atomic E-state index is -0.740. The van der Waals surface area contributed by atoms with E-state index in [-0.39, 0.29) is 11.5 Å². The Morgan fingerprint density at radius 2 is 2.00 bits per heavy atom. The van der Waals surface area contributed by atoms with Gasteiger partial charge < -0.3 is 10.1 Å². The number of hydrogen-bond acceptors (Lipinski definition) is 5. The summed E-state index contributed by atoms with van der Waals surface area (Å²) in [4.78, 5) is 22.9. The fourth-order valence-corrected chi connectivity index (χ4v) is 4.96. The van der Waals surface area contributed by atoms with Crippen molar-refractivity contribution in [3.63, 3.8) is 0 Å². The van der Waals surface area contributed by atoms with Crippen molar-refractivity contribution in [1.29, 1.82) is 0 Å². The topological polar surface area (TPSA) is 81.2 Å². The van der Waals surface area contributed by atoms with Crippen molar-refractivity contribution < 1.29 is 5.11 Å². The molecule has 1 aromatic carbocycles. The zero-order valence-electron chi connectivity index (χ0n) is 18.2. The second-order valence-corrected chi connectivity index (χ2v) is 9.37. The summed E-state index contributed by atoms with van der Waals surface area (Å²) in [7, 11) is 0. The normalized spacial score (nSPS) is 21.1. The van der Waals surface area contributed by atoms with Crippen LogP contribution in [0.3, 0.4) is 0 Å². The van der Waals surface area contributed by atoms with Gasteiger partial charge in [0, 0.05) is 35.6 Å². The highest BCUT2D eigenvalue weighted by Gasteiger charge is 2.33. The van der Waals surface area contributed by atoms with E-state index in [2.05, 4.69) is 17.2 Å². The number of hydrogen-bond donors (Lipinski definition) is 3. The lowest BCUT2D eigenvalue weighted by Crippen LogP contribution is -2.53. The van der Waals surface area contributed by atoms with Gasteiger partial charge in [-0.2, -0.15) is 0 Å². The van der Waals surface area contributed by atoms with Crippen LogP contribution in [0.15, 0.2) is 29.1 Å². The van der Waals surface area contributed by atoms with Crippen LogP contribution in [0, 0.1) is 0 Å². The molecule has 0 saturated heterocycles. The van der Waals surface area contributed by atoms with Crippen molar-refractivity contribution in [2.45, 2.75) is 83.1 Å². The molecule has 1 fully saturated rings. The SMILES string of the molecule is CCCCC1CN(C(O)NC2CCCCC2)Cc2c1nc(-c1ccc(Cl)cc1)[nH]c2=O. The molecule has 4 rings (SSSR count). The molecule has 7 heteroatoms. The summed E-state index contributed by atoms with van der Waals surface area (Å²) in [6, 6.07) is 7.71. The predicted molar refractivity (Wildman–Crippen MR) is 124 cm³/mol. The fourth-order valence-electron chi connectivity index (χ4n) is 4.84. The molecule has 2 aliphatic rings. The second kappa shape index (κ2) is 10.3. The first-order valence-electron chi connectivity index (χ1n) is 11.6. The van der Waals surface area contributed by atoms with Crippen molar-refractivity contribution in [1.82, 2.24) is 20.2 Å². The van der Waals surface area contributed by atoms with Gasteiger partial charge in [-0.3, -0.25) is 15.0 Å².